The molecule has 0 radical (unpaired) electrons. The van der Waals surface area contributed by atoms with E-state index in [1.54, 1.807) is 18.7 Å². The molecule has 0 aliphatic heterocycles. The van der Waals surface area contributed by atoms with Gasteiger partial charge in [-0.1, -0.05) is 41.9 Å². The molecule has 0 aliphatic carbocycles. The first-order valence-corrected chi connectivity index (χ1v) is 7.37. The van der Waals surface area contributed by atoms with E-state index in [4.69, 9.17) is 11.6 Å². The van der Waals surface area contributed by atoms with E-state index in [9.17, 15) is 4.79 Å². The third-order valence-corrected chi connectivity index (χ3v) is 4.26. The van der Waals surface area contributed by atoms with Gasteiger partial charge >= 0.3 is 0 Å². The van der Waals surface area contributed by atoms with Gasteiger partial charge in [0.15, 0.2) is 0 Å². The highest BCUT2D eigenvalue weighted by Gasteiger charge is 2.15. The van der Waals surface area contributed by atoms with Crippen molar-refractivity contribution in [2.45, 2.75) is 23.5 Å². The van der Waals surface area contributed by atoms with Crippen LogP contribution < -0.4 is 0 Å². The van der Waals surface area contributed by atoms with Gasteiger partial charge in [0.2, 0.25) is 0 Å². The first-order chi connectivity index (χ1) is 9.15. The van der Waals surface area contributed by atoms with E-state index in [1.165, 1.54) is 4.90 Å². The van der Waals surface area contributed by atoms with Crippen LogP contribution in [0.25, 0.3) is 0 Å². The maximum atomic E-state index is 11.4. The van der Waals surface area contributed by atoms with E-state index in [-0.39, 0.29) is 11.0 Å². The van der Waals surface area contributed by atoms with Crippen LogP contribution in [0.5, 0.6) is 0 Å². The molecular formula is C16H15ClOS. The lowest BCUT2D eigenvalue weighted by Gasteiger charge is -2.15. The smallest absolute Gasteiger partial charge is 0.131 e. The fourth-order valence-corrected chi connectivity index (χ4v) is 3.21. The standard InChI is InChI=1S/C16H15ClOS/c1-12(18)11-16(13-7-9-14(17)10-8-13)19-15-5-3-2-4-6-15/h2-10,16H,11H2,1H3. The summed E-state index contributed by atoms with van der Waals surface area (Å²) in [7, 11) is 0. The molecule has 0 bridgehead atoms. The summed E-state index contributed by atoms with van der Waals surface area (Å²) in [5.74, 6) is 0.198. The number of halogens is 1. The molecule has 0 aliphatic rings. The van der Waals surface area contributed by atoms with Crippen molar-refractivity contribution in [2.24, 2.45) is 0 Å². The van der Waals surface area contributed by atoms with Crippen molar-refractivity contribution in [1.82, 2.24) is 0 Å². The van der Waals surface area contributed by atoms with Crippen LogP contribution >= 0.6 is 23.4 Å². The van der Waals surface area contributed by atoms with Gasteiger partial charge < -0.3 is 0 Å². The molecule has 0 amide bonds. The topological polar surface area (TPSA) is 17.1 Å². The number of Topliss-reactive ketones (excluding diaryl/α,β-unsaturated/α-hetero) is 1. The van der Waals surface area contributed by atoms with Gasteiger partial charge in [-0.05, 0) is 36.8 Å². The van der Waals surface area contributed by atoms with Crippen molar-refractivity contribution in [3.8, 4) is 0 Å². The number of rotatable bonds is 5. The van der Waals surface area contributed by atoms with Gasteiger partial charge in [-0.15, -0.1) is 11.8 Å². The molecule has 1 unspecified atom stereocenters. The van der Waals surface area contributed by atoms with E-state index < -0.39 is 0 Å². The molecule has 19 heavy (non-hydrogen) atoms. The summed E-state index contributed by atoms with van der Waals surface area (Å²) >= 11 is 7.62. The monoisotopic (exact) mass is 290 g/mol. The van der Waals surface area contributed by atoms with Crippen LogP contribution in [-0.4, -0.2) is 5.78 Å². The van der Waals surface area contributed by atoms with Crippen LogP contribution in [0, 0.1) is 0 Å². The first-order valence-electron chi connectivity index (χ1n) is 6.12. The molecule has 0 fully saturated rings. The molecule has 0 spiro atoms. The fraction of sp³-hybridized carbons (Fsp3) is 0.188. The van der Waals surface area contributed by atoms with Crippen molar-refractivity contribution in [3.05, 3.63) is 65.2 Å². The summed E-state index contributed by atoms with van der Waals surface area (Å²) in [6.45, 7) is 1.63. The largest absolute Gasteiger partial charge is 0.300 e. The second kappa shape index (κ2) is 6.78. The molecule has 2 aromatic carbocycles. The molecule has 3 heteroatoms. The van der Waals surface area contributed by atoms with Crippen molar-refractivity contribution in [3.63, 3.8) is 0 Å². The van der Waals surface area contributed by atoms with Crippen LogP contribution in [0.3, 0.4) is 0 Å². The quantitative estimate of drug-likeness (QED) is 0.708. The van der Waals surface area contributed by atoms with Gasteiger partial charge in [-0.25, -0.2) is 0 Å². The Morgan fingerprint density at radius 2 is 1.74 bits per heavy atom. The van der Waals surface area contributed by atoms with Gasteiger partial charge in [0.1, 0.15) is 5.78 Å². The zero-order chi connectivity index (χ0) is 13.7. The van der Waals surface area contributed by atoms with Crippen LogP contribution in [0.2, 0.25) is 5.02 Å². The third-order valence-electron chi connectivity index (χ3n) is 2.74. The lowest BCUT2D eigenvalue weighted by molar-refractivity contribution is -0.117. The summed E-state index contributed by atoms with van der Waals surface area (Å²) in [4.78, 5) is 12.6. The molecule has 0 heterocycles. The average Bonchev–Trinajstić information content (AvgIpc) is 2.39. The molecule has 0 aromatic heterocycles. The Labute approximate surface area is 123 Å². The van der Waals surface area contributed by atoms with Crippen molar-refractivity contribution < 1.29 is 4.79 Å². The minimum absolute atomic E-state index is 0.136. The van der Waals surface area contributed by atoms with Crippen LogP contribution in [-0.2, 0) is 4.79 Å². The number of carbonyl (C=O) groups is 1. The number of benzene rings is 2. The lowest BCUT2D eigenvalue weighted by atomic mass is 10.1. The second-order valence-corrected chi connectivity index (χ2v) is 6.09. The van der Waals surface area contributed by atoms with Gasteiger partial charge in [-0.3, -0.25) is 4.79 Å². The molecular weight excluding hydrogens is 276 g/mol. The number of ketones is 1. The highest BCUT2D eigenvalue weighted by molar-refractivity contribution is 7.99. The summed E-state index contributed by atoms with van der Waals surface area (Å²) < 4.78 is 0. The maximum absolute atomic E-state index is 11.4. The third kappa shape index (κ3) is 4.41. The normalized spacial score (nSPS) is 12.1. The molecule has 0 N–H and O–H groups in total. The summed E-state index contributed by atoms with van der Waals surface area (Å²) in [5, 5.41) is 0.854. The lowest BCUT2D eigenvalue weighted by Crippen LogP contribution is -2.00. The Bertz CT molecular complexity index is 536. The van der Waals surface area contributed by atoms with E-state index in [0.717, 1.165) is 10.6 Å². The zero-order valence-electron chi connectivity index (χ0n) is 10.7. The molecule has 2 aromatic rings. The van der Waals surface area contributed by atoms with E-state index in [2.05, 4.69) is 12.1 Å². The summed E-state index contributed by atoms with van der Waals surface area (Å²) in [6.07, 6.45) is 0.529. The Balaban J connectivity index is 2.20. The molecule has 1 atom stereocenters. The Morgan fingerprint density at radius 3 is 2.32 bits per heavy atom. The summed E-state index contributed by atoms with van der Waals surface area (Å²) in [5.41, 5.74) is 1.13. The second-order valence-electron chi connectivity index (χ2n) is 4.38. The molecule has 98 valence electrons. The summed E-state index contributed by atoms with van der Waals surface area (Å²) in [6, 6.07) is 17.9. The fourth-order valence-electron chi connectivity index (χ4n) is 1.83. The number of hydrogen-bond acceptors (Lipinski definition) is 2. The molecule has 2 rings (SSSR count). The first kappa shape index (κ1) is 14.2. The van der Waals surface area contributed by atoms with Crippen molar-refractivity contribution in [2.75, 3.05) is 0 Å². The van der Waals surface area contributed by atoms with Gasteiger partial charge in [0.05, 0.1) is 0 Å². The minimum atomic E-state index is 0.136. The Kier molecular flexibility index (Phi) is 5.06. The molecule has 0 saturated heterocycles. The van der Waals surface area contributed by atoms with Crippen molar-refractivity contribution >= 4 is 29.1 Å². The molecule has 0 saturated carbocycles. The van der Waals surface area contributed by atoms with Gasteiger partial charge in [0, 0.05) is 21.6 Å². The maximum Gasteiger partial charge on any atom is 0.131 e. The van der Waals surface area contributed by atoms with Crippen molar-refractivity contribution in [1.29, 1.82) is 0 Å². The number of carbonyl (C=O) groups excluding carboxylic acids is 1. The molecule has 1 nitrogen and oxygen atoms in total. The van der Waals surface area contributed by atoms with Gasteiger partial charge in [0.25, 0.3) is 0 Å². The van der Waals surface area contributed by atoms with E-state index in [0.29, 0.717) is 6.42 Å². The predicted molar refractivity (Wildman–Crippen MR) is 81.8 cm³/mol. The van der Waals surface area contributed by atoms with E-state index in [1.807, 2.05) is 42.5 Å². The minimum Gasteiger partial charge on any atom is -0.300 e. The van der Waals surface area contributed by atoms with Gasteiger partial charge in [-0.2, -0.15) is 0 Å². The Morgan fingerprint density at radius 1 is 1.11 bits per heavy atom. The van der Waals surface area contributed by atoms with Crippen LogP contribution in [0.4, 0.5) is 0 Å². The Hall–Kier alpha value is -1.25. The number of thioether (sulfide) groups is 1. The highest BCUT2D eigenvalue weighted by atomic mass is 35.5. The highest BCUT2D eigenvalue weighted by Crippen LogP contribution is 2.38. The average molecular weight is 291 g/mol. The van der Waals surface area contributed by atoms with Crippen LogP contribution in [0.1, 0.15) is 24.2 Å². The SMILES string of the molecule is CC(=O)CC(Sc1ccccc1)c1ccc(Cl)cc1. The van der Waals surface area contributed by atoms with Crippen LogP contribution in [0.15, 0.2) is 59.5 Å². The predicted octanol–water partition coefficient (Wildman–Crippen LogP) is 5.15. The number of hydrogen-bond donors (Lipinski definition) is 0. The zero-order valence-corrected chi connectivity index (χ0v) is 12.2. The van der Waals surface area contributed by atoms with E-state index >= 15 is 0 Å².